The van der Waals surface area contributed by atoms with E-state index in [1.165, 1.54) is 52.5 Å². The van der Waals surface area contributed by atoms with Gasteiger partial charge in [0.05, 0.1) is 34.9 Å². The number of piperazine rings is 1. The second kappa shape index (κ2) is 10.4. The summed E-state index contributed by atoms with van der Waals surface area (Å²) in [5, 5.41) is 23.5. The lowest BCUT2D eigenvalue weighted by atomic mass is 10.1. The number of ether oxygens (including phenoxy) is 2. The maximum absolute atomic E-state index is 13.2. The van der Waals surface area contributed by atoms with Crippen LogP contribution >= 0.6 is 11.3 Å². The number of amides is 2. The number of aromatic hydroxyl groups is 1. The molecule has 2 aromatic carbocycles. The number of nitro groups is 1. The molecule has 0 spiro atoms. The number of aromatic nitrogens is 1. The van der Waals surface area contributed by atoms with Gasteiger partial charge in [-0.25, -0.2) is 4.98 Å². The highest BCUT2D eigenvalue weighted by atomic mass is 32.1. The number of para-hydroxylation sites is 1. The zero-order valence-electron chi connectivity index (χ0n) is 18.7. The summed E-state index contributed by atoms with van der Waals surface area (Å²) in [6, 6.07) is 8.72. The molecule has 35 heavy (non-hydrogen) atoms. The standard InChI is InChI=1S/C23H22N4O7S/c1-33-20-10-17(18(27(31)32)11-21(20)34-12-15-13-35-14-24-15)23(30)26-8-6-25(7-9-26)22(29)16-4-2-3-5-19(16)28/h2-5,10-11,13-14,28H,6-9,12H2,1H3. The predicted molar refractivity (Wildman–Crippen MR) is 126 cm³/mol. The van der Waals surface area contributed by atoms with E-state index >= 15 is 0 Å². The van der Waals surface area contributed by atoms with Crippen molar-refractivity contribution in [3.63, 3.8) is 0 Å². The van der Waals surface area contributed by atoms with Crippen LogP contribution in [0.5, 0.6) is 17.2 Å². The van der Waals surface area contributed by atoms with Gasteiger partial charge in [0.25, 0.3) is 17.5 Å². The fourth-order valence-electron chi connectivity index (χ4n) is 3.71. The third-order valence-corrected chi connectivity index (χ3v) is 6.19. The molecule has 2 amide bonds. The number of phenolic OH excluding ortho intramolecular Hbond substituents is 1. The normalized spacial score (nSPS) is 13.4. The summed E-state index contributed by atoms with van der Waals surface area (Å²) in [4.78, 5) is 44.2. The van der Waals surface area contributed by atoms with E-state index in [0.29, 0.717) is 5.69 Å². The summed E-state index contributed by atoms with van der Waals surface area (Å²) in [7, 11) is 1.38. The van der Waals surface area contributed by atoms with E-state index in [1.54, 1.807) is 23.0 Å². The fourth-order valence-corrected chi connectivity index (χ4v) is 4.26. The summed E-state index contributed by atoms with van der Waals surface area (Å²) in [6.45, 7) is 0.897. The second-order valence-corrected chi connectivity index (χ2v) is 8.37. The third kappa shape index (κ3) is 5.17. The zero-order chi connectivity index (χ0) is 24.9. The summed E-state index contributed by atoms with van der Waals surface area (Å²) in [5.74, 6) is -0.694. The number of carbonyl (C=O) groups is 2. The van der Waals surface area contributed by atoms with Gasteiger partial charge in [-0.1, -0.05) is 12.1 Å². The smallest absolute Gasteiger partial charge is 0.286 e. The molecule has 1 N–H and O–H groups in total. The van der Waals surface area contributed by atoms with Crippen molar-refractivity contribution in [3.8, 4) is 17.2 Å². The number of methoxy groups -OCH3 is 1. The minimum Gasteiger partial charge on any atom is -0.507 e. The van der Waals surface area contributed by atoms with Crippen LogP contribution in [-0.4, -0.2) is 69.9 Å². The molecule has 0 unspecified atom stereocenters. The molecule has 1 aromatic heterocycles. The van der Waals surface area contributed by atoms with Crippen molar-refractivity contribution in [2.75, 3.05) is 33.3 Å². The van der Waals surface area contributed by atoms with Crippen LogP contribution in [0, 0.1) is 10.1 Å². The monoisotopic (exact) mass is 498 g/mol. The van der Waals surface area contributed by atoms with E-state index < -0.39 is 16.5 Å². The van der Waals surface area contributed by atoms with E-state index in [2.05, 4.69) is 4.98 Å². The molecule has 2 heterocycles. The molecule has 1 aliphatic heterocycles. The van der Waals surface area contributed by atoms with Gasteiger partial charge in [0.1, 0.15) is 17.9 Å². The molecule has 1 aliphatic rings. The van der Waals surface area contributed by atoms with Gasteiger partial charge in [-0.2, -0.15) is 0 Å². The van der Waals surface area contributed by atoms with E-state index in [1.807, 2.05) is 0 Å². The maximum atomic E-state index is 13.2. The average molecular weight is 499 g/mol. The molecule has 0 saturated carbocycles. The highest BCUT2D eigenvalue weighted by molar-refractivity contribution is 7.07. The van der Waals surface area contributed by atoms with Crippen LogP contribution in [0.1, 0.15) is 26.4 Å². The first-order valence-electron chi connectivity index (χ1n) is 10.6. The van der Waals surface area contributed by atoms with E-state index in [0.717, 1.165) is 0 Å². The van der Waals surface area contributed by atoms with Crippen molar-refractivity contribution in [2.24, 2.45) is 0 Å². The summed E-state index contributed by atoms with van der Waals surface area (Å²) >= 11 is 1.40. The van der Waals surface area contributed by atoms with Gasteiger partial charge in [-0.15, -0.1) is 11.3 Å². The lowest BCUT2D eigenvalue weighted by Crippen LogP contribution is -2.50. The highest BCUT2D eigenvalue weighted by Crippen LogP contribution is 2.36. The van der Waals surface area contributed by atoms with Crippen molar-refractivity contribution < 1.29 is 29.1 Å². The lowest BCUT2D eigenvalue weighted by molar-refractivity contribution is -0.385. The van der Waals surface area contributed by atoms with E-state index in [-0.39, 0.29) is 67.1 Å². The van der Waals surface area contributed by atoms with Crippen LogP contribution in [-0.2, 0) is 6.61 Å². The zero-order valence-corrected chi connectivity index (χ0v) is 19.6. The van der Waals surface area contributed by atoms with Crippen LogP contribution in [0.2, 0.25) is 0 Å². The van der Waals surface area contributed by atoms with Gasteiger partial charge in [-0.05, 0) is 12.1 Å². The highest BCUT2D eigenvalue weighted by Gasteiger charge is 2.31. The van der Waals surface area contributed by atoms with Crippen molar-refractivity contribution >= 4 is 28.8 Å². The molecule has 1 saturated heterocycles. The Balaban J connectivity index is 1.50. The Morgan fingerprint density at radius 1 is 1.09 bits per heavy atom. The van der Waals surface area contributed by atoms with Gasteiger partial charge >= 0.3 is 0 Å². The third-order valence-electron chi connectivity index (χ3n) is 5.56. The van der Waals surface area contributed by atoms with Crippen LogP contribution < -0.4 is 9.47 Å². The molecule has 11 nitrogen and oxygen atoms in total. The summed E-state index contributed by atoms with van der Waals surface area (Å²) in [6.07, 6.45) is 0. The fraction of sp³-hybridized carbons (Fsp3) is 0.261. The molecule has 0 atom stereocenters. The summed E-state index contributed by atoms with van der Waals surface area (Å²) in [5.41, 5.74) is 1.96. The Morgan fingerprint density at radius 2 is 1.74 bits per heavy atom. The first kappa shape index (κ1) is 24.0. The van der Waals surface area contributed by atoms with Gasteiger partial charge in [0.2, 0.25) is 0 Å². The number of nitrogens with zero attached hydrogens (tertiary/aromatic N) is 4. The van der Waals surface area contributed by atoms with Crippen LogP contribution in [0.15, 0.2) is 47.3 Å². The molecule has 4 rings (SSSR count). The molecule has 0 aliphatic carbocycles. The first-order valence-corrected chi connectivity index (χ1v) is 11.6. The van der Waals surface area contributed by atoms with Crippen molar-refractivity contribution in [1.82, 2.24) is 14.8 Å². The molecule has 12 heteroatoms. The lowest BCUT2D eigenvalue weighted by Gasteiger charge is -2.35. The van der Waals surface area contributed by atoms with Crippen molar-refractivity contribution in [3.05, 3.63) is 74.2 Å². The Labute approximate surface area is 204 Å². The Hall–Kier alpha value is -4.19. The number of benzene rings is 2. The molecule has 0 radical (unpaired) electrons. The number of carbonyl (C=O) groups excluding carboxylic acids is 2. The number of nitro benzene ring substituents is 1. The van der Waals surface area contributed by atoms with Gasteiger partial charge in [0, 0.05) is 37.6 Å². The number of rotatable bonds is 7. The number of phenols is 1. The molecule has 182 valence electrons. The minimum atomic E-state index is -0.639. The molecular formula is C23H22N4O7S. The minimum absolute atomic E-state index is 0.0945. The Morgan fingerprint density at radius 3 is 2.31 bits per heavy atom. The SMILES string of the molecule is COc1cc(C(=O)N2CCN(C(=O)c3ccccc3O)CC2)c([N+](=O)[O-])cc1OCc1cscn1. The number of hydrogen-bond donors (Lipinski definition) is 1. The van der Waals surface area contributed by atoms with Gasteiger partial charge < -0.3 is 24.4 Å². The van der Waals surface area contributed by atoms with Gasteiger partial charge in [-0.3, -0.25) is 19.7 Å². The van der Waals surface area contributed by atoms with E-state index in [9.17, 15) is 24.8 Å². The van der Waals surface area contributed by atoms with Crippen LogP contribution in [0.3, 0.4) is 0 Å². The summed E-state index contributed by atoms with van der Waals surface area (Å²) < 4.78 is 11.0. The maximum Gasteiger partial charge on any atom is 0.286 e. The number of hydrogen-bond acceptors (Lipinski definition) is 9. The average Bonchev–Trinajstić information content (AvgIpc) is 3.40. The molecular weight excluding hydrogens is 476 g/mol. The topological polar surface area (TPSA) is 135 Å². The van der Waals surface area contributed by atoms with Crippen LogP contribution in [0.4, 0.5) is 5.69 Å². The van der Waals surface area contributed by atoms with Gasteiger partial charge in [0.15, 0.2) is 11.5 Å². The van der Waals surface area contributed by atoms with Crippen LogP contribution in [0.25, 0.3) is 0 Å². The Bertz CT molecular complexity index is 1240. The Kier molecular flexibility index (Phi) is 7.11. The predicted octanol–water partition coefficient (Wildman–Crippen LogP) is 2.94. The van der Waals surface area contributed by atoms with Crippen molar-refractivity contribution in [1.29, 1.82) is 0 Å². The van der Waals surface area contributed by atoms with E-state index in [4.69, 9.17) is 9.47 Å². The molecule has 1 fully saturated rings. The largest absolute Gasteiger partial charge is 0.507 e. The quantitative estimate of drug-likeness (QED) is 0.388. The first-order chi connectivity index (χ1) is 16.9. The second-order valence-electron chi connectivity index (χ2n) is 7.65. The molecule has 0 bridgehead atoms. The number of thiazole rings is 1. The van der Waals surface area contributed by atoms with Crippen molar-refractivity contribution in [2.45, 2.75) is 6.61 Å². The molecule has 3 aromatic rings.